The third kappa shape index (κ3) is 6.18. The molecule has 11 heteroatoms. The van der Waals surface area contributed by atoms with Gasteiger partial charge in [-0.05, 0) is 62.5 Å². The molecule has 0 spiro atoms. The van der Waals surface area contributed by atoms with Crippen molar-refractivity contribution in [3.63, 3.8) is 0 Å². The summed E-state index contributed by atoms with van der Waals surface area (Å²) in [6.45, 7) is 9.53. The zero-order valence-electron chi connectivity index (χ0n) is 21.4. The molecule has 0 saturated heterocycles. The predicted molar refractivity (Wildman–Crippen MR) is 138 cm³/mol. The number of likely N-dealkylation sites (N-methyl/N-ethyl adjacent to an activating group) is 1. The molecule has 0 aliphatic heterocycles. The lowest BCUT2D eigenvalue weighted by Crippen LogP contribution is -2.27. The van der Waals surface area contributed by atoms with E-state index in [4.69, 9.17) is 4.74 Å². The van der Waals surface area contributed by atoms with Gasteiger partial charge in [0.15, 0.2) is 0 Å². The molecule has 10 nitrogen and oxygen atoms in total. The number of hydrogen-bond donors (Lipinski definition) is 1. The molecule has 0 aliphatic carbocycles. The van der Waals surface area contributed by atoms with Crippen LogP contribution in [0.3, 0.4) is 0 Å². The molecule has 194 valence electrons. The Bertz CT molecular complexity index is 1330. The summed E-state index contributed by atoms with van der Waals surface area (Å²) in [5.41, 5.74) is 2.32. The minimum Gasteiger partial charge on any atom is -0.492 e. The van der Waals surface area contributed by atoms with Crippen molar-refractivity contribution >= 4 is 11.6 Å². The lowest BCUT2D eigenvalue weighted by Gasteiger charge is -2.18. The molecular weight excluding hydrogens is 475 g/mol. The Kier molecular flexibility index (Phi) is 8.24. The number of nitrogens with zero attached hydrogens (tertiary/aromatic N) is 7. The second-order valence-electron chi connectivity index (χ2n) is 8.59. The van der Waals surface area contributed by atoms with E-state index < -0.39 is 5.82 Å². The number of benzene rings is 2. The van der Waals surface area contributed by atoms with Gasteiger partial charge in [-0.25, -0.2) is 9.07 Å². The number of rotatable bonds is 11. The Morgan fingerprint density at radius 1 is 1.14 bits per heavy atom. The molecule has 1 N–H and O–H groups in total. The molecule has 0 fully saturated rings. The third-order valence-electron chi connectivity index (χ3n) is 6.27. The monoisotopic (exact) mass is 506 g/mol. The molecule has 4 aromatic rings. The van der Waals surface area contributed by atoms with E-state index in [1.165, 1.54) is 12.1 Å². The maximum atomic E-state index is 14.7. The van der Waals surface area contributed by atoms with E-state index >= 15 is 0 Å². The number of carbonyl (C=O) groups excluding carboxylic acids is 1. The molecule has 4 rings (SSSR count). The molecule has 0 aliphatic rings. The molecule has 2 heterocycles. The highest BCUT2D eigenvalue weighted by molar-refractivity contribution is 6.04. The molecule has 1 amide bonds. The normalized spacial score (nSPS) is 12.1. The summed E-state index contributed by atoms with van der Waals surface area (Å²) in [4.78, 5) is 15.1. The van der Waals surface area contributed by atoms with Gasteiger partial charge in [0.2, 0.25) is 0 Å². The lowest BCUT2D eigenvalue weighted by atomic mass is 10.1. The number of aryl methyl sites for hydroxylation is 1. The highest BCUT2D eigenvalue weighted by atomic mass is 19.1. The fourth-order valence-electron chi connectivity index (χ4n) is 3.94. The molecule has 2 aromatic carbocycles. The van der Waals surface area contributed by atoms with Crippen molar-refractivity contribution in [2.75, 3.05) is 31.6 Å². The Morgan fingerprint density at radius 2 is 1.89 bits per heavy atom. The summed E-state index contributed by atoms with van der Waals surface area (Å²) in [6.07, 6.45) is 3.30. The topological polar surface area (TPSA) is 103 Å². The Balaban J connectivity index is 1.42. The van der Waals surface area contributed by atoms with Crippen LogP contribution in [0.15, 0.2) is 54.9 Å². The van der Waals surface area contributed by atoms with Gasteiger partial charge >= 0.3 is 0 Å². The van der Waals surface area contributed by atoms with E-state index in [0.717, 1.165) is 25.3 Å². The molecular formula is C26H31FN8O2. The minimum atomic E-state index is -0.467. The fraction of sp³-hybridized carbons (Fsp3) is 0.346. The molecule has 0 bridgehead atoms. The van der Waals surface area contributed by atoms with E-state index in [-0.39, 0.29) is 17.5 Å². The van der Waals surface area contributed by atoms with E-state index in [2.05, 4.69) is 44.7 Å². The van der Waals surface area contributed by atoms with Crippen LogP contribution in [0.4, 0.5) is 10.1 Å². The van der Waals surface area contributed by atoms with Crippen LogP contribution in [0.5, 0.6) is 5.75 Å². The van der Waals surface area contributed by atoms with Crippen LogP contribution in [0, 0.1) is 5.82 Å². The lowest BCUT2D eigenvalue weighted by molar-refractivity contribution is 0.102. The first-order valence-electron chi connectivity index (χ1n) is 12.2. The van der Waals surface area contributed by atoms with Gasteiger partial charge in [-0.2, -0.15) is 0 Å². The zero-order valence-corrected chi connectivity index (χ0v) is 21.4. The van der Waals surface area contributed by atoms with Crippen molar-refractivity contribution in [2.45, 2.75) is 26.8 Å². The number of nitrogens with one attached hydrogen (secondary N) is 1. The minimum absolute atomic E-state index is 0.198. The highest BCUT2D eigenvalue weighted by Crippen LogP contribution is 2.26. The SMILES string of the molecule is CCN(CC)CCOc1ccc(C(=O)Nc2ccc(F)c(-c3cn([C@@H](C)c4cnnn4C)nn3)c2)cc1. The quantitative estimate of drug-likeness (QED) is 0.330. The first-order valence-corrected chi connectivity index (χ1v) is 12.2. The highest BCUT2D eigenvalue weighted by Gasteiger charge is 2.17. The fourth-order valence-corrected chi connectivity index (χ4v) is 3.94. The number of hydrogen-bond acceptors (Lipinski definition) is 7. The summed E-state index contributed by atoms with van der Waals surface area (Å²) in [5.74, 6) is -0.0775. The van der Waals surface area contributed by atoms with Gasteiger partial charge in [-0.15, -0.1) is 10.2 Å². The van der Waals surface area contributed by atoms with Gasteiger partial charge < -0.3 is 15.0 Å². The molecule has 2 aromatic heterocycles. The summed E-state index contributed by atoms with van der Waals surface area (Å²) < 4.78 is 23.7. The van der Waals surface area contributed by atoms with Gasteiger partial charge in [-0.1, -0.05) is 24.3 Å². The summed E-state index contributed by atoms with van der Waals surface area (Å²) in [7, 11) is 1.79. The number of ether oxygens (including phenoxy) is 1. The standard InChI is InChI=1S/C26H31FN8O2/c1-5-34(6-2)13-14-37-21-10-7-19(8-11-21)26(36)29-20-9-12-23(27)22(15-20)24-17-35(32-30-24)18(3)25-16-28-31-33(25)4/h7-12,15-18H,5-6,13-14H2,1-4H3,(H,29,36)/t18-/m0/s1. The molecule has 0 radical (unpaired) electrons. The van der Waals surface area contributed by atoms with Crippen molar-refractivity contribution in [1.82, 2.24) is 34.9 Å². The average Bonchev–Trinajstić information content (AvgIpc) is 3.57. The van der Waals surface area contributed by atoms with Gasteiger partial charge in [0.1, 0.15) is 23.9 Å². The molecule has 0 saturated carbocycles. The van der Waals surface area contributed by atoms with Gasteiger partial charge in [0.25, 0.3) is 5.91 Å². The van der Waals surface area contributed by atoms with E-state index in [1.54, 1.807) is 59.1 Å². The Hall–Kier alpha value is -4.12. The second-order valence-corrected chi connectivity index (χ2v) is 8.59. The summed E-state index contributed by atoms with van der Waals surface area (Å²) in [5, 5.41) is 18.9. The van der Waals surface area contributed by atoms with E-state index in [9.17, 15) is 9.18 Å². The van der Waals surface area contributed by atoms with Crippen molar-refractivity contribution < 1.29 is 13.9 Å². The number of halogens is 1. The third-order valence-corrected chi connectivity index (χ3v) is 6.27. The number of carbonyl (C=O) groups is 1. The predicted octanol–water partition coefficient (Wildman–Crippen LogP) is 3.79. The van der Waals surface area contributed by atoms with Gasteiger partial charge in [0, 0.05) is 30.4 Å². The summed E-state index contributed by atoms with van der Waals surface area (Å²) >= 11 is 0. The van der Waals surface area contributed by atoms with Crippen molar-refractivity contribution in [1.29, 1.82) is 0 Å². The Morgan fingerprint density at radius 3 is 2.57 bits per heavy atom. The van der Waals surface area contributed by atoms with Gasteiger partial charge in [-0.3, -0.25) is 9.48 Å². The van der Waals surface area contributed by atoms with Crippen molar-refractivity contribution in [3.05, 3.63) is 71.9 Å². The first kappa shape index (κ1) is 26.0. The largest absolute Gasteiger partial charge is 0.492 e. The number of aromatic nitrogens is 6. The van der Waals surface area contributed by atoms with Crippen LogP contribution in [-0.4, -0.2) is 67.0 Å². The molecule has 1 atom stereocenters. The van der Waals surface area contributed by atoms with Gasteiger partial charge in [0.05, 0.1) is 24.1 Å². The number of anilines is 1. The second kappa shape index (κ2) is 11.7. The average molecular weight is 507 g/mol. The smallest absolute Gasteiger partial charge is 0.255 e. The van der Waals surface area contributed by atoms with Crippen molar-refractivity contribution in [3.8, 4) is 17.0 Å². The van der Waals surface area contributed by atoms with Crippen molar-refractivity contribution in [2.24, 2.45) is 7.05 Å². The molecule has 0 unspecified atom stereocenters. The number of amides is 1. The molecule has 37 heavy (non-hydrogen) atoms. The van der Waals surface area contributed by atoms with E-state index in [1.807, 2.05) is 6.92 Å². The van der Waals surface area contributed by atoms with Crippen LogP contribution in [0.1, 0.15) is 42.9 Å². The Labute approximate surface area is 215 Å². The maximum Gasteiger partial charge on any atom is 0.255 e. The van der Waals surface area contributed by atoms with Crippen LogP contribution in [0.2, 0.25) is 0 Å². The van der Waals surface area contributed by atoms with E-state index in [0.29, 0.717) is 29.3 Å². The van der Waals surface area contributed by atoms with Crippen LogP contribution < -0.4 is 10.1 Å². The van der Waals surface area contributed by atoms with Crippen LogP contribution in [0.25, 0.3) is 11.3 Å². The van der Waals surface area contributed by atoms with Crippen LogP contribution in [-0.2, 0) is 7.05 Å². The van der Waals surface area contributed by atoms with Crippen LogP contribution >= 0.6 is 0 Å². The maximum absolute atomic E-state index is 14.7. The first-order chi connectivity index (χ1) is 17.9. The zero-order chi connectivity index (χ0) is 26.4. The summed E-state index contributed by atoms with van der Waals surface area (Å²) in [6, 6.07) is 11.1.